The molecular formula is C18H24FN5O3. The van der Waals surface area contributed by atoms with E-state index in [4.69, 9.17) is 9.47 Å². The van der Waals surface area contributed by atoms with E-state index in [0.717, 1.165) is 5.56 Å². The molecule has 0 radical (unpaired) electrons. The number of halogens is 1. The third-order valence-electron chi connectivity index (χ3n) is 3.29. The molecule has 8 nitrogen and oxygen atoms in total. The summed E-state index contributed by atoms with van der Waals surface area (Å²) >= 11 is 0. The van der Waals surface area contributed by atoms with Gasteiger partial charge in [-0.1, -0.05) is 0 Å². The lowest BCUT2D eigenvalue weighted by molar-refractivity contribution is 0.0531. The van der Waals surface area contributed by atoms with Gasteiger partial charge in [-0.25, -0.2) is 9.18 Å². The predicted molar refractivity (Wildman–Crippen MR) is 97.8 cm³/mol. The zero-order valence-corrected chi connectivity index (χ0v) is 15.9. The third-order valence-corrected chi connectivity index (χ3v) is 3.29. The van der Waals surface area contributed by atoms with E-state index in [9.17, 15) is 9.18 Å². The number of nitrogens with zero attached hydrogens (tertiary/aromatic N) is 4. The Hall–Kier alpha value is -2.97. The van der Waals surface area contributed by atoms with Crippen LogP contribution in [0.3, 0.4) is 0 Å². The minimum Gasteiger partial charge on any atom is -0.489 e. The molecule has 0 fully saturated rings. The zero-order chi connectivity index (χ0) is 19.9. The highest BCUT2D eigenvalue weighted by molar-refractivity contribution is 5.68. The standard InChI is InChI=1S/C18H24FN5O3/c1-5-24-22-16(21-23-24)14-6-8-15(9-7-14)26-12-13(10-19)11-20-17(25)27-18(2,3)4/h6-10H,5,11-12H2,1-4H3,(H,20,25)/b13-10+. The molecule has 2 rings (SSSR count). The van der Waals surface area contributed by atoms with Crippen molar-refractivity contribution in [2.24, 2.45) is 0 Å². The predicted octanol–water partition coefficient (Wildman–Crippen LogP) is 3.12. The van der Waals surface area contributed by atoms with Crippen molar-refractivity contribution < 1.29 is 18.7 Å². The Kier molecular flexibility index (Phi) is 6.86. The van der Waals surface area contributed by atoms with Gasteiger partial charge in [-0.05, 0) is 57.2 Å². The number of tetrazole rings is 1. The first kappa shape index (κ1) is 20.3. The second kappa shape index (κ2) is 9.11. The first-order valence-electron chi connectivity index (χ1n) is 8.56. The maximum absolute atomic E-state index is 13.0. The molecule has 0 saturated carbocycles. The van der Waals surface area contributed by atoms with Crippen molar-refractivity contribution in [3.8, 4) is 17.1 Å². The summed E-state index contributed by atoms with van der Waals surface area (Å²) in [6.45, 7) is 7.82. The van der Waals surface area contributed by atoms with Gasteiger partial charge in [-0.2, -0.15) is 4.80 Å². The Bertz CT molecular complexity index is 781. The Balaban J connectivity index is 1.84. The quantitative estimate of drug-likeness (QED) is 0.797. The van der Waals surface area contributed by atoms with E-state index in [1.165, 1.54) is 4.80 Å². The Morgan fingerprint density at radius 3 is 2.56 bits per heavy atom. The van der Waals surface area contributed by atoms with Gasteiger partial charge < -0.3 is 14.8 Å². The lowest BCUT2D eigenvalue weighted by atomic mass is 10.2. The normalized spacial score (nSPS) is 12.0. The molecule has 1 amide bonds. The molecule has 0 saturated heterocycles. The average molecular weight is 377 g/mol. The molecule has 1 heterocycles. The molecule has 0 unspecified atom stereocenters. The summed E-state index contributed by atoms with van der Waals surface area (Å²) in [5.41, 5.74) is 0.464. The van der Waals surface area contributed by atoms with Gasteiger partial charge in [0, 0.05) is 17.7 Å². The molecule has 9 heteroatoms. The number of amides is 1. The fourth-order valence-electron chi connectivity index (χ4n) is 1.99. The van der Waals surface area contributed by atoms with Crippen molar-refractivity contribution in [2.45, 2.75) is 39.8 Å². The summed E-state index contributed by atoms with van der Waals surface area (Å²) < 4.78 is 23.7. The molecule has 0 bridgehead atoms. The number of carbonyl (C=O) groups excluding carboxylic acids is 1. The number of nitrogens with one attached hydrogen (secondary N) is 1. The third kappa shape index (κ3) is 6.69. The number of hydrogen-bond donors (Lipinski definition) is 1. The molecule has 0 aliphatic heterocycles. The molecule has 2 aromatic rings. The largest absolute Gasteiger partial charge is 0.489 e. The SMILES string of the molecule is CCn1nnc(-c2ccc(OC/C(=C/F)CNC(=O)OC(C)(C)C)cc2)n1. The monoisotopic (exact) mass is 377 g/mol. The molecule has 0 spiro atoms. The van der Waals surface area contributed by atoms with Crippen LogP contribution < -0.4 is 10.1 Å². The Morgan fingerprint density at radius 2 is 2.00 bits per heavy atom. The van der Waals surface area contributed by atoms with Crippen LogP contribution in [0.15, 0.2) is 36.2 Å². The van der Waals surface area contributed by atoms with E-state index >= 15 is 0 Å². The number of rotatable bonds is 7. The highest BCUT2D eigenvalue weighted by Crippen LogP contribution is 2.19. The van der Waals surface area contributed by atoms with E-state index < -0.39 is 11.7 Å². The lowest BCUT2D eigenvalue weighted by Crippen LogP contribution is -2.34. The molecular weight excluding hydrogens is 353 g/mol. The number of ether oxygens (including phenoxy) is 2. The molecule has 0 atom stereocenters. The van der Waals surface area contributed by atoms with E-state index in [1.807, 2.05) is 6.92 Å². The van der Waals surface area contributed by atoms with Crippen molar-refractivity contribution in [1.82, 2.24) is 25.5 Å². The minimum absolute atomic E-state index is 0.00406. The minimum atomic E-state index is -0.612. The van der Waals surface area contributed by atoms with Crippen molar-refractivity contribution in [3.05, 3.63) is 36.2 Å². The van der Waals surface area contributed by atoms with E-state index in [1.54, 1.807) is 45.0 Å². The second-order valence-electron chi connectivity index (χ2n) is 6.74. The van der Waals surface area contributed by atoms with Crippen LogP contribution in [0.5, 0.6) is 5.75 Å². The van der Waals surface area contributed by atoms with Gasteiger partial charge in [0.15, 0.2) is 0 Å². The number of carbonyl (C=O) groups is 1. The Labute approximate surface area is 157 Å². The van der Waals surface area contributed by atoms with Gasteiger partial charge in [0.2, 0.25) is 5.82 Å². The van der Waals surface area contributed by atoms with Crippen LogP contribution in [-0.4, -0.2) is 45.1 Å². The smallest absolute Gasteiger partial charge is 0.407 e. The highest BCUT2D eigenvalue weighted by Gasteiger charge is 2.16. The average Bonchev–Trinajstić information content (AvgIpc) is 3.10. The van der Waals surface area contributed by atoms with Crippen molar-refractivity contribution in [2.75, 3.05) is 13.2 Å². The van der Waals surface area contributed by atoms with Gasteiger partial charge in [0.05, 0.1) is 12.9 Å². The van der Waals surface area contributed by atoms with E-state index in [2.05, 4.69) is 20.7 Å². The molecule has 0 aliphatic rings. The molecule has 1 aromatic heterocycles. The summed E-state index contributed by atoms with van der Waals surface area (Å²) in [5, 5.41) is 14.6. The van der Waals surface area contributed by atoms with Crippen molar-refractivity contribution in [1.29, 1.82) is 0 Å². The Morgan fingerprint density at radius 1 is 1.30 bits per heavy atom. The van der Waals surface area contributed by atoms with Gasteiger partial charge in [-0.15, -0.1) is 10.2 Å². The summed E-state index contributed by atoms with van der Waals surface area (Å²) in [6, 6.07) is 7.06. The number of alkyl carbamates (subject to hydrolysis) is 1. The molecule has 0 aliphatic carbocycles. The fraction of sp³-hybridized carbons (Fsp3) is 0.444. The maximum atomic E-state index is 13.0. The van der Waals surface area contributed by atoms with Crippen LogP contribution in [0, 0.1) is 0 Å². The summed E-state index contributed by atoms with van der Waals surface area (Å²) in [4.78, 5) is 13.1. The molecule has 1 N–H and O–H groups in total. The van der Waals surface area contributed by atoms with Crippen molar-refractivity contribution in [3.63, 3.8) is 0 Å². The number of hydrogen-bond acceptors (Lipinski definition) is 6. The molecule has 1 aromatic carbocycles. The van der Waals surface area contributed by atoms with Crippen LogP contribution in [-0.2, 0) is 11.3 Å². The molecule has 27 heavy (non-hydrogen) atoms. The first-order chi connectivity index (χ1) is 12.8. The highest BCUT2D eigenvalue weighted by atomic mass is 19.1. The summed E-state index contributed by atoms with van der Waals surface area (Å²) in [5.74, 6) is 1.08. The summed E-state index contributed by atoms with van der Waals surface area (Å²) in [7, 11) is 0. The van der Waals surface area contributed by atoms with Gasteiger partial charge in [-0.3, -0.25) is 0 Å². The van der Waals surface area contributed by atoms with Crippen LogP contribution in [0.2, 0.25) is 0 Å². The first-order valence-corrected chi connectivity index (χ1v) is 8.56. The fourth-order valence-corrected chi connectivity index (χ4v) is 1.99. The number of aryl methyl sites for hydroxylation is 1. The van der Waals surface area contributed by atoms with Gasteiger partial charge in [0.25, 0.3) is 0 Å². The van der Waals surface area contributed by atoms with Crippen LogP contribution in [0.4, 0.5) is 9.18 Å². The van der Waals surface area contributed by atoms with Crippen LogP contribution >= 0.6 is 0 Å². The van der Waals surface area contributed by atoms with Crippen LogP contribution in [0.1, 0.15) is 27.7 Å². The second-order valence-corrected chi connectivity index (χ2v) is 6.74. The number of benzene rings is 1. The maximum Gasteiger partial charge on any atom is 0.407 e. The summed E-state index contributed by atoms with van der Waals surface area (Å²) in [6.07, 6.45) is -0.197. The zero-order valence-electron chi connectivity index (χ0n) is 15.9. The number of aromatic nitrogens is 4. The van der Waals surface area contributed by atoms with Gasteiger partial charge >= 0.3 is 6.09 Å². The lowest BCUT2D eigenvalue weighted by Gasteiger charge is -2.20. The van der Waals surface area contributed by atoms with E-state index in [0.29, 0.717) is 24.4 Å². The van der Waals surface area contributed by atoms with Gasteiger partial charge in [0.1, 0.15) is 18.0 Å². The van der Waals surface area contributed by atoms with Crippen molar-refractivity contribution >= 4 is 6.09 Å². The van der Waals surface area contributed by atoms with Crippen LogP contribution in [0.25, 0.3) is 11.4 Å². The molecule has 146 valence electrons. The topological polar surface area (TPSA) is 91.2 Å². The van der Waals surface area contributed by atoms with E-state index in [-0.39, 0.29) is 18.7 Å².